The highest BCUT2D eigenvalue weighted by atomic mass is 32.1. The van der Waals surface area contributed by atoms with Crippen molar-refractivity contribution in [3.8, 4) is 10.9 Å². The van der Waals surface area contributed by atoms with Crippen LogP contribution in [-0.2, 0) is 19.7 Å². The van der Waals surface area contributed by atoms with Crippen LogP contribution >= 0.6 is 11.3 Å². The van der Waals surface area contributed by atoms with Crippen molar-refractivity contribution in [2.75, 3.05) is 14.2 Å². The molecule has 6 nitrogen and oxygen atoms in total. The van der Waals surface area contributed by atoms with Gasteiger partial charge in [0.05, 0.1) is 20.5 Å². The molecule has 1 aromatic heterocycles. The van der Waals surface area contributed by atoms with Crippen molar-refractivity contribution in [3.63, 3.8) is 0 Å². The highest BCUT2D eigenvalue weighted by Gasteiger charge is 2.22. The molecule has 1 aromatic carbocycles. The number of benzene rings is 1. The van der Waals surface area contributed by atoms with E-state index < -0.39 is 5.97 Å². The summed E-state index contributed by atoms with van der Waals surface area (Å²) in [5.41, 5.74) is 0.709. The van der Waals surface area contributed by atoms with Crippen LogP contribution in [0.2, 0.25) is 0 Å². The minimum atomic E-state index is -0.513. The molecule has 0 amide bonds. The maximum absolute atomic E-state index is 12.0. The quantitative estimate of drug-likeness (QED) is 0.465. The van der Waals surface area contributed by atoms with E-state index in [9.17, 15) is 4.79 Å². The van der Waals surface area contributed by atoms with Gasteiger partial charge >= 0.3 is 5.97 Å². The van der Waals surface area contributed by atoms with Gasteiger partial charge in [0.25, 0.3) is 5.19 Å². The Kier molecular flexibility index (Phi) is 5.56. The summed E-state index contributed by atoms with van der Waals surface area (Å²) in [6.45, 7) is 6.17. The molecule has 0 aliphatic heterocycles. The minimum absolute atomic E-state index is 0.105. The van der Waals surface area contributed by atoms with Crippen LogP contribution in [0.5, 0.6) is 10.9 Å². The van der Waals surface area contributed by atoms with Crippen molar-refractivity contribution in [1.29, 1.82) is 0 Å². The van der Waals surface area contributed by atoms with E-state index in [-0.39, 0.29) is 11.0 Å². The molecule has 1 heterocycles. The SMILES string of the molecule is CO/C=C(/C(=O)OC)c1ccccc1Oc1nnc(C(C)(C)C)s1. The summed E-state index contributed by atoms with van der Waals surface area (Å²) in [6, 6.07) is 7.12. The number of aromatic nitrogens is 2. The molecule has 2 aromatic rings. The predicted molar refractivity (Wildman–Crippen MR) is 92.1 cm³/mol. The molecule has 0 bridgehead atoms. The number of carbonyl (C=O) groups excluding carboxylic acids is 1. The van der Waals surface area contributed by atoms with E-state index in [1.54, 1.807) is 18.2 Å². The lowest BCUT2D eigenvalue weighted by Crippen LogP contribution is -2.10. The third-order valence-electron chi connectivity index (χ3n) is 3.06. The molecule has 0 fully saturated rings. The van der Waals surface area contributed by atoms with Crippen molar-refractivity contribution >= 4 is 22.9 Å². The van der Waals surface area contributed by atoms with Crippen molar-refractivity contribution in [2.24, 2.45) is 0 Å². The molecular weight excluding hydrogens is 328 g/mol. The van der Waals surface area contributed by atoms with Gasteiger partial charge in [0.1, 0.15) is 16.3 Å². The van der Waals surface area contributed by atoms with Crippen molar-refractivity contribution in [3.05, 3.63) is 41.1 Å². The second-order valence-corrected chi connectivity index (χ2v) is 6.92. The molecule has 0 saturated carbocycles. The molecule has 2 rings (SSSR count). The fourth-order valence-corrected chi connectivity index (χ4v) is 2.64. The van der Waals surface area contributed by atoms with E-state index in [0.717, 1.165) is 5.01 Å². The molecule has 0 atom stereocenters. The average Bonchev–Trinajstić information content (AvgIpc) is 3.01. The Morgan fingerprint density at radius 3 is 2.46 bits per heavy atom. The molecule has 0 unspecified atom stereocenters. The lowest BCUT2D eigenvalue weighted by atomic mass is 9.98. The Balaban J connectivity index is 2.37. The van der Waals surface area contributed by atoms with Gasteiger partial charge in [-0.3, -0.25) is 0 Å². The number of para-hydroxylation sites is 1. The number of hydrogen-bond acceptors (Lipinski definition) is 7. The van der Waals surface area contributed by atoms with Gasteiger partial charge in [-0.2, -0.15) is 0 Å². The van der Waals surface area contributed by atoms with E-state index >= 15 is 0 Å². The van der Waals surface area contributed by atoms with Gasteiger partial charge in [-0.05, 0) is 6.07 Å². The first-order chi connectivity index (χ1) is 11.4. The summed E-state index contributed by atoms with van der Waals surface area (Å²) in [4.78, 5) is 12.0. The summed E-state index contributed by atoms with van der Waals surface area (Å²) in [7, 11) is 2.78. The number of nitrogens with zero attached hydrogens (tertiary/aromatic N) is 2. The Morgan fingerprint density at radius 1 is 1.17 bits per heavy atom. The highest BCUT2D eigenvalue weighted by Crippen LogP contribution is 2.35. The number of carbonyl (C=O) groups is 1. The average molecular weight is 348 g/mol. The normalized spacial score (nSPS) is 12.0. The van der Waals surface area contributed by atoms with Crippen molar-refractivity contribution in [2.45, 2.75) is 26.2 Å². The van der Waals surface area contributed by atoms with E-state index in [1.165, 1.54) is 31.8 Å². The summed E-state index contributed by atoms with van der Waals surface area (Å²) in [6.07, 6.45) is 1.33. The molecule has 0 aliphatic carbocycles. The number of ether oxygens (including phenoxy) is 3. The fraction of sp³-hybridized carbons (Fsp3) is 0.353. The van der Waals surface area contributed by atoms with Crippen LogP contribution in [0.15, 0.2) is 30.5 Å². The number of esters is 1. The Labute approximate surface area is 145 Å². The molecule has 24 heavy (non-hydrogen) atoms. The van der Waals surface area contributed by atoms with Crippen molar-refractivity contribution < 1.29 is 19.0 Å². The maximum atomic E-state index is 12.0. The van der Waals surface area contributed by atoms with Crippen LogP contribution in [0.4, 0.5) is 0 Å². The topological polar surface area (TPSA) is 70.5 Å². The van der Waals surface area contributed by atoms with Crippen LogP contribution in [0, 0.1) is 0 Å². The predicted octanol–water partition coefficient (Wildman–Crippen LogP) is 3.79. The van der Waals surface area contributed by atoms with Gasteiger partial charge in [0, 0.05) is 11.0 Å². The van der Waals surface area contributed by atoms with Crippen LogP contribution in [0.3, 0.4) is 0 Å². The summed E-state index contributed by atoms with van der Waals surface area (Å²) >= 11 is 1.37. The maximum Gasteiger partial charge on any atom is 0.341 e. The third kappa shape index (κ3) is 4.11. The number of hydrogen-bond donors (Lipinski definition) is 0. The lowest BCUT2D eigenvalue weighted by molar-refractivity contribution is -0.133. The smallest absolute Gasteiger partial charge is 0.341 e. The molecule has 0 N–H and O–H groups in total. The Hall–Kier alpha value is -2.41. The highest BCUT2D eigenvalue weighted by molar-refractivity contribution is 7.13. The van der Waals surface area contributed by atoms with Crippen molar-refractivity contribution in [1.82, 2.24) is 10.2 Å². The molecule has 7 heteroatoms. The summed E-state index contributed by atoms with van der Waals surface area (Å²) < 4.78 is 15.6. The Morgan fingerprint density at radius 2 is 1.88 bits per heavy atom. The summed E-state index contributed by atoms with van der Waals surface area (Å²) in [5, 5.41) is 9.51. The fourth-order valence-electron chi connectivity index (χ4n) is 1.88. The summed E-state index contributed by atoms with van der Waals surface area (Å²) in [5.74, 6) is -0.0386. The monoisotopic (exact) mass is 348 g/mol. The van der Waals surface area contributed by atoms with E-state index in [1.807, 2.05) is 6.07 Å². The van der Waals surface area contributed by atoms with E-state index in [4.69, 9.17) is 14.2 Å². The van der Waals surface area contributed by atoms with E-state index in [2.05, 4.69) is 31.0 Å². The molecular formula is C17H20N2O4S. The first-order valence-corrected chi connectivity index (χ1v) is 8.11. The van der Waals surface area contributed by atoms with Gasteiger partial charge in [-0.25, -0.2) is 4.79 Å². The Bertz CT molecular complexity index is 747. The third-order valence-corrected chi connectivity index (χ3v) is 4.29. The minimum Gasteiger partial charge on any atom is -0.503 e. The standard InChI is InChI=1S/C17H20N2O4S/c1-17(2,3)15-18-19-16(24-15)23-13-9-7-6-8-11(13)12(10-21-4)14(20)22-5/h6-10H,1-5H3/b12-10+. The van der Waals surface area contributed by atoms with Gasteiger partial charge in [0.2, 0.25) is 0 Å². The van der Waals surface area contributed by atoms with Gasteiger partial charge in [0.15, 0.2) is 0 Å². The molecule has 0 aliphatic rings. The van der Waals surface area contributed by atoms with E-state index in [0.29, 0.717) is 16.5 Å². The first-order valence-electron chi connectivity index (χ1n) is 7.29. The van der Waals surface area contributed by atoms with Gasteiger partial charge in [-0.1, -0.05) is 55.4 Å². The lowest BCUT2D eigenvalue weighted by Gasteiger charge is -2.12. The number of rotatable bonds is 5. The second kappa shape index (κ2) is 7.44. The molecule has 0 saturated heterocycles. The van der Waals surface area contributed by atoms with Crippen LogP contribution in [0.1, 0.15) is 31.3 Å². The largest absolute Gasteiger partial charge is 0.503 e. The van der Waals surface area contributed by atoms with Gasteiger partial charge < -0.3 is 14.2 Å². The van der Waals surface area contributed by atoms with Crippen LogP contribution in [-0.4, -0.2) is 30.4 Å². The zero-order valence-corrected chi connectivity index (χ0v) is 15.1. The van der Waals surface area contributed by atoms with Gasteiger partial charge in [-0.15, -0.1) is 5.10 Å². The zero-order chi connectivity index (χ0) is 17.7. The van der Waals surface area contributed by atoms with Crippen LogP contribution in [0.25, 0.3) is 5.57 Å². The first kappa shape index (κ1) is 17.9. The number of methoxy groups -OCH3 is 2. The second-order valence-electron chi connectivity index (χ2n) is 5.98. The molecule has 0 spiro atoms. The van der Waals surface area contributed by atoms with Crippen LogP contribution < -0.4 is 4.74 Å². The molecule has 0 radical (unpaired) electrons. The zero-order valence-electron chi connectivity index (χ0n) is 14.3. The molecule has 128 valence electrons.